The topological polar surface area (TPSA) is 63.1 Å². The van der Waals surface area contributed by atoms with Crippen LogP contribution in [0.1, 0.15) is 29.4 Å². The van der Waals surface area contributed by atoms with Gasteiger partial charge in [-0.05, 0) is 35.7 Å². The summed E-state index contributed by atoms with van der Waals surface area (Å²) in [5.41, 5.74) is 5.99. The Balaban J connectivity index is 1.61. The summed E-state index contributed by atoms with van der Waals surface area (Å²) in [4.78, 5) is 20.7. The molecule has 0 saturated carbocycles. The van der Waals surface area contributed by atoms with E-state index in [2.05, 4.69) is 23.4 Å². The molecule has 0 bridgehead atoms. The van der Waals surface area contributed by atoms with Crippen LogP contribution in [-0.4, -0.2) is 21.0 Å². The summed E-state index contributed by atoms with van der Waals surface area (Å²) >= 11 is 1.61. The van der Waals surface area contributed by atoms with Crippen LogP contribution in [0.2, 0.25) is 0 Å². The van der Waals surface area contributed by atoms with E-state index < -0.39 is 5.97 Å². The Morgan fingerprint density at radius 1 is 1.00 bits per heavy atom. The summed E-state index contributed by atoms with van der Waals surface area (Å²) in [5.74, 6) is -0.923. The number of thiazole rings is 1. The fourth-order valence-electron chi connectivity index (χ4n) is 3.28. The molecule has 144 valence electrons. The molecular formula is C24H20N2O2S. The molecule has 4 rings (SSSR count). The van der Waals surface area contributed by atoms with Gasteiger partial charge in [0, 0.05) is 28.4 Å². The number of rotatable bonds is 6. The summed E-state index contributed by atoms with van der Waals surface area (Å²) in [5, 5.41) is 12.4. The molecule has 2 aromatic heterocycles. The molecule has 0 radical (unpaired) electrons. The van der Waals surface area contributed by atoms with Crippen LogP contribution < -0.4 is 0 Å². The third-order valence-corrected chi connectivity index (χ3v) is 5.61. The number of carbonyl (C=O) groups is 1. The predicted molar refractivity (Wildman–Crippen MR) is 117 cm³/mol. The van der Waals surface area contributed by atoms with Crippen LogP contribution in [0.15, 0.2) is 72.2 Å². The van der Waals surface area contributed by atoms with Gasteiger partial charge >= 0.3 is 5.97 Å². The highest BCUT2D eigenvalue weighted by Crippen LogP contribution is 2.31. The second kappa shape index (κ2) is 8.37. The Hall–Kier alpha value is -3.31. The fourth-order valence-corrected chi connectivity index (χ4v) is 4.11. The minimum Gasteiger partial charge on any atom is -0.478 e. The quantitative estimate of drug-likeness (QED) is 0.419. The summed E-state index contributed by atoms with van der Waals surface area (Å²) in [6.45, 7) is 2.15. The molecule has 0 saturated heterocycles. The lowest BCUT2D eigenvalue weighted by Crippen LogP contribution is -1.98. The Labute approximate surface area is 173 Å². The molecule has 4 nitrogen and oxygen atoms in total. The number of benzene rings is 2. The summed E-state index contributed by atoms with van der Waals surface area (Å²) in [7, 11) is 0. The molecule has 0 fully saturated rings. The first-order chi connectivity index (χ1) is 14.2. The van der Waals surface area contributed by atoms with E-state index >= 15 is 0 Å². The summed E-state index contributed by atoms with van der Waals surface area (Å²) < 4.78 is 0. The number of pyridine rings is 1. The zero-order chi connectivity index (χ0) is 20.2. The summed E-state index contributed by atoms with van der Waals surface area (Å²) in [6, 6.07) is 19.0. The molecule has 5 heteroatoms. The Morgan fingerprint density at radius 3 is 2.52 bits per heavy atom. The summed E-state index contributed by atoms with van der Waals surface area (Å²) in [6.07, 6.45) is 3.87. The highest BCUT2D eigenvalue weighted by molar-refractivity contribution is 7.13. The predicted octanol–water partition coefficient (Wildman–Crippen LogP) is 6.19. The minimum atomic E-state index is -0.923. The average molecular weight is 401 g/mol. The van der Waals surface area contributed by atoms with Crippen molar-refractivity contribution in [2.24, 2.45) is 0 Å². The van der Waals surface area contributed by atoms with Gasteiger partial charge in [-0.1, -0.05) is 55.8 Å². The van der Waals surface area contributed by atoms with E-state index in [4.69, 9.17) is 4.98 Å². The number of nitrogens with zero attached hydrogens (tertiary/aromatic N) is 2. The van der Waals surface area contributed by atoms with E-state index in [9.17, 15) is 9.90 Å². The monoisotopic (exact) mass is 400 g/mol. The van der Waals surface area contributed by atoms with E-state index in [0.717, 1.165) is 45.9 Å². The van der Waals surface area contributed by atoms with Gasteiger partial charge < -0.3 is 5.11 Å². The number of aromatic nitrogens is 2. The SMILES string of the molecule is CCCc1cc(-c2nc(-c3ccc(-c4ccccc4C(=O)O)cc3)cs2)ccn1. The molecule has 0 spiro atoms. The van der Waals surface area contributed by atoms with E-state index in [1.54, 1.807) is 23.5 Å². The molecule has 29 heavy (non-hydrogen) atoms. The van der Waals surface area contributed by atoms with Crippen LogP contribution in [0.25, 0.3) is 33.0 Å². The molecular weight excluding hydrogens is 380 g/mol. The van der Waals surface area contributed by atoms with E-state index in [0.29, 0.717) is 11.1 Å². The van der Waals surface area contributed by atoms with Crippen molar-refractivity contribution in [2.75, 3.05) is 0 Å². The molecule has 1 N–H and O–H groups in total. The lowest BCUT2D eigenvalue weighted by molar-refractivity contribution is 0.0697. The zero-order valence-electron chi connectivity index (χ0n) is 16.0. The molecule has 0 unspecified atom stereocenters. The molecule has 0 amide bonds. The lowest BCUT2D eigenvalue weighted by atomic mass is 9.98. The third kappa shape index (κ3) is 4.10. The van der Waals surface area contributed by atoms with Crippen molar-refractivity contribution in [1.82, 2.24) is 9.97 Å². The van der Waals surface area contributed by atoms with Crippen LogP contribution in [-0.2, 0) is 6.42 Å². The van der Waals surface area contributed by atoms with Crippen molar-refractivity contribution in [1.29, 1.82) is 0 Å². The maximum atomic E-state index is 11.5. The molecule has 2 aromatic carbocycles. The minimum absolute atomic E-state index is 0.303. The number of hydrogen-bond acceptors (Lipinski definition) is 4. The molecule has 0 aliphatic rings. The number of aromatic carboxylic acids is 1. The van der Waals surface area contributed by atoms with Crippen molar-refractivity contribution >= 4 is 17.3 Å². The van der Waals surface area contributed by atoms with Gasteiger partial charge in [-0.15, -0.1) is 11.3 Å². The van der Waals surface area contributed by atoms with Gasteiger partial charge in [-0.25, -0.2) is 9.78 Å². The van der Waals surface area contributed by atoms with Crippen LogP contribution in [0, 0.1) is 0 Å². The normalized spacial score (nSPS) is 10.8. The number of carboxylic acid groups (broad SMARTS) is 1. The lowest BCUT2D eigenvalue weighted by Gasteiger charge is -2.07. The van der Waals surface area contributed by atoms with E-state index in [-0.39, 0.29) is 0 Å². The van der Waals surface area contributed by atoms with Crippen molar-refractivity contribution in [3.8, 4) is 33.0 Å². The largest absolute Gasteiger partial charge is 0.478 e. The van der Waals surface area contributed by atoms with Gasteiger partial charge in [0.25, 0.3) is 0 Å². The fraction of sp³-hybridized carbons (Fsp3) is 0.125. The maximum Gasteiger partial charge on any atom is 0.336 e. The van der Waals surface area contributed by atoms with Crippen LogP contribution >= 0.6 is 11.3 Å². The zero-order valence-corrected chi connectivity index (χ0v) is 16.8. The molecule has 0 aliphatic heterocycles. The number of carboxylic acids is 1. The molecule has 0 atom stereocenters. The van der Waals surface area contributed by atoms with E-state index in [1.165, 1.54) is 0 Å². The molecule has 2 heterocycles. The standard InChI is InChI=1S/C24H20N2O2S/c1-2-5-19-14-18(12-13-25-19)23-26-22(15-29-23)17-10-8-16(9-11-17)20-6-3-4-7-21(20)24(27)28/h3-4,6-15H,2,5H2,1H3,(H,27,28). The van der Waals surface area contributed by atoms with Crippen molar-refractivity contribution < 1.29 is 9.90 Å². The van der Waals surface area contributed by atoms with Gasteiger partial charge in [0.05, 0.1) is 11.3 Å². The second-order valence-corrected chi connectivity index (χ2v) is 7.61. The van der Waals surface area contributed by atoms with Gasteiger partial charge in [0.1, 0.15) is 5.01 Å². The highest BCUT2D eigenvalue weighted by atomic mass is 32.1. The maximum absolute atomic E-state index is 11.5. The van der Waals surface area contributed by atoms with Gasteiger partial charge in [0.2, 0.25) is 0 Å². The van der Waals surface area contributed by atoms with Gasteiger partial charge in [0.15, 0.2) is 0 Å². The van der Waals surface area contributed by atoms with Crippen LogP contribution in [0.3, 0.4) is 0 Å². The van der Waals surface area contributed by atoms with Crippen molar-refractivity contribution in [3.63, 3.8) is 0 Å². The van der Waals surface area contributed by atoms with Crippen molar-refractivity contribution in [2.45, 2.75) is 19.8 Å². The van der Waals surface area contributed by atoms with Crippen molar-refractivity contribution in [3.05, 3.63) is 83.5 Å². The first-order valence-corrected chi connectivity index (χ1v) is 10.4. The molecule has 4 aromatic rings. The average Bonchev–Trinajstić information content (AvgIpc) is 3.25. The second-order valence-electron chi connectivity index (χ2n) is 6.75. The molecule has 0 aliphatic carbocycles. The number of aryl methyl sites for hydroxylation is 1. The Bertz CT molecular complexity index is 1150. The van der Waals surface area contributed by atoms with E-state index in [1.807, 2.05) is 48.7 Å². The smallest absolute Gasteiger partial charge is 0.336 e. The van der Waals surface area contributed by atoms with Crippen LogP contribution in [0.5, 0.6) is 0 Å². The van der Waals surface area contributed by atoms with Crippen LogP contribution in [0.4, 0.5) is 0 Å². The third-order valence-electron chi connectivity index (χ3n) is 4.72. The van der Waals surface area contributed by atoms with Gasteiger partial charge in [-0.3, -0.25) is 4.98 Å². The number of hydrogen-bond donors (Lipinski definition) is 1. The van der Waals surface area contributed by atoms with Gasteiger partial charge in [-0.2, -0.15) is 0 Å². The first kappa shape index (κ1) is 19.0. The Kier molecular flexibility index (Phi) is 5.49. The highest BCUT2D eigenvalue weighted by Gasteiger charge is 2.12. The first-order valence-electron chi connectivity index (χ1n) is 9.49. The Morgan fingerprint density at radius 2 is 1.76 bits per heavy atom.